The molecule has 0 bridgehead atoms. The topological polar surface area (TPSA) is 81.5 Å². The molecule has 0 spiro atoms. The van der Waals surface area contributed by atoms with Crippen LogP contribution in [0.1, 0.15) is 0 Å². The van der Waals surface area contributed by atoms with Gasteiger partial charge >= 0.3 is 6.09 Å². The number of benzene rings is 2. The lowest BCUT2D eigenvalue weighted by molar-refractivity contribution is -0.384. The van der Waals surface area contributed by atoms with Crippen molar-refractivity contribution in [3.63, 3.8) is 0 Å². The van der Waals surface area contributed by atoms with Crippen molar-refractivity contribution in [3.05, 3.63) is 64.5 Å². The first-order valence-electron chi connectivity index (χ1n) is 5.54. The highest BCUT2D eigenvalue weighted by atomic mass is 19.1. The molecule has 0 aromatic heterocycles. The predicted molar refractivity (Wildman–Crippen MR) is 69.1 cm³/mol. The number of hydrogen-bond donors (Lipinski definition) is 1. The number of carbonyl (C=O) groups excluding carboxylic acids is 1. The van der Waals surface area contributed by atoms with Crippen LogP contribution in [0.2, 0.25) is 0 Å². The Morgan fingerprint density at radius 2 is 1.80 bits per heavy atom. The van der Waals surface area contributed by atoms with E-state index in [0.29, 0.717) is 0 Å². The van der Waals surface area contributed by atoms with Gasteiger partial charge in [0.05, 0.1) is 10.6 Å². The summed E-state index contributed by atoms with van der Waals surface area (Å²) in [5.41, 5.74) is -0.133. The summed E-state index contributed by atoms with van der Waals surface area (Å²) in [6.07, 6.45) is -0.885. The van der Waals surface area contributed by atoms with Gasteiger partial charge < -0.3 is 4.74 Å². The summed E-state index contributed by atoms with van der Waals surface area (Å²) in [6.45, 7) is 0. The highest BCUT2D eigenvalue weighted by Gasteiger charge is 2.10. The van der Waals surface area contributed by atoms with E-state index in [4.69, 9.17) is 4.74 Å². The average molecular weight is 276 g/mol. The van der Waals surface area contributed by atoms with Gasteiger partial charge in [0.15, 0.2) is 0 Å². The van der Waals surface area contributed by atoms with Crippen molar-refractivity contribution in [2.45, 2.75) is 0 Å². The van der Waals surface area contributed by atoms with Crippen molar-refractivity contribution < 1.29 is 18.8 Å². The predicted octanol–water partition coefficient (Wildman–Crippen LogP) is 3.34. The van der Waals surface area contributed by atoms with Gasteiger partial charge in [-0.15, -0.1) is 0 Å². The Labute approximate surface area is 112 Å². The number of para-hydroxylation sites is 1. The number of anilines is 1. The zero-order valence-electron chi connectivity index (χ0n) is 10.1. The number of nitrogens with one attached hydrogen (secondary N) is 1. The second kappa shape index (κ2) is 5.79. The third-order valence-electron chi connectivity index (χ3n) is 2.37. The monoisotopic (exact) mass is 276 g/mol. The molecule has 0 aliphatic rings. The fourth-order valence-electron chi connectivity index (χ4n) is 1.44. The molecule has 1 N–H and O–H groups in total. The minimum atomic E-state index is -0.885. The molecule has 0 unspecified atom stereocenters. The van der Waals surface area contributed by atoms with Crippen molar-refractivity contribution >= 4 is 17.5 Å². The van der Waals surface area contributed by atoms with Crippen LogP contribution in [0.4, 0.5) is 20.6 Å². The molecule has 1 amide bonds. The number of nitro benzene ring substituents is 1. The Morgan fingerprint density at radius 1 is 1.15 bits per heavy atom. The molecule has 0 saturated carbocycles. The number of nitrogens with zero attached hydrogens (tertiary/aromatic N) is 1. The van der Waals surface area contributed by atoms with Crippen LogP contribution in [0.5, 0.6) is 5.75 Å². The Morgan fingerprint density at radius 3 is 2.40 bits per heavy atom. The lowest BCUT2D eigenvalue weighted by Crippen LogP contribution is -2.17. The highest BCUT2D eigenvalue weighted by molar-refractivity contribution is 5.86. The van der Waals surface area contributed by atoms with Gasteiger partial charge in [-0.2, -0.15) is 0 Å². The van der Waals surface area contributed by atoms with E-state index in [9.17, 15) is 19.3 Å². The van der Waals surface area contributed by atoms with Crippen LogP contribution in [0, 0.1) is 15.9 Å². The Balaban J connectivity index is 2.01. The van der Waals surface area contributed by atoms with Gasteiger partial charge in [-0.05, 0) is 24.3 Å². The van der Waals surface area contributed by atoms with E-state index < -0.39 is 16.8 Å². The number of carbonyl (C=O) groups is 1. The van der Waals surface area contributed by atoms with Gasteiger partial charge in [0.1, 0.15) is 11.6 Å². The summed E-state index contributed by atoms with van der Waals surface area (Å²) >= 11 is 0. The maximum atomic E-state index is 13.3. The Bertz CT molecular complexity index is 643. The zero-order chi connectivity index (χ0) is 14.5. The van der Waals surface area contributed by atoms with Crippen molar-refractivity contribution in [2.24, 2.45) is 0 Å². The first kappa shape index (κ1) is 13.5. The van der Waals surface area contributed by atoms with Gasteiger partial charge in [-0.25, -0.2) is 9.18 Å². The van der Waals surface area contributed by atoms with Crippen LogP contribution in [0.3, 0.4) is 0 Å². The van der Waals surface area contributed by atoms with Crippen LogP contribution in [-0.4, -0.2) is 11.0 Å². The third-order valence-corrected chi connectivity index (χ3v) is 2.37. The minimum absolute atomic E-state index is 0.0144. The maximum Gasteiger partial charge on any atom is 0.417 e. The summed E-state index contributed by atoms with van der Waals surface area (Å²) < 4.78 is 18.2. The number of amides is 1. The summed E-state index contributed by atoms with van der Waals surface area (Å²) in [5.74, 6) is -0.474. The normalized spacial score (nSPS) is 9.85. The van der Waals surface area contributed by atoms with Gasteiger partial charge in [-0.1, -0.05) is 12.1 Å². The standard InChI is InChI=1S/C13H9FN2O4/c14-11-3-1-2-4-12(11)15-13(17)20-10-7-5-9(6-8-10)16(18)19/h1-8H,(H,15,17). The Kier molecular flexibility index (Phi) is 3.90. The fraction of sp³-hybridized carbons (Fsp3) is 0. The summed E-state index contributed by atoms with van der Waals surface area (Å²) in [4.78, 5) is 21.4. The molecule has 2 aromatic rings. The SMILES string of the molecule is O=C(Nc1ccccc1F)Oc1ccc([N+](=O)[O-])cc1. The van der Waals surface area contributed by atoms with Crippen LogP contribution < -0.4 is 10.1 Å². The van der Waals surface area contributed by atoms with Crippen LogP contribution in [0.15, 0.2) is 48.5 Å². The van der Waals surface area contributed by atoms with E-state index in [1.54, 1.807) is 6.07 Å². The molecule has 0 atom stereocenters. The third kappa shape index (κ3) is 3.29. The maximum absolute atomic E-state index is 13.3. The van der Waals surface area contributed by atoms with E-state index in [-0.39, 0.29) is 17.1 Å². The molecule has 0 saturated heterocycles. The average Bonchev–Trinajstić information content (AvgIpc) is 2.42. The molecule has 2 rings (SSSR count). The largest absolute Gasteiger partial charge is 0.417 e. The van der Waals surface area contributed by atoms with Crippen molar-refractivity contribution in [2.75, 3.05) is 5.32 Å². The lowest BCUT2D eigenvalue weighted by atomic mass is 10.3. The van der Waals surface area contributed by atoms with Gasteiger partial charge in [0.2, 0.25) is 0 Å². The quantitative estimate of drug-likeness (QED) is 0.688. The molecular weight excluding hydrogens is 267 g/mol. The molecule has 7 heteroatoms. The number of ether oxygens (including phenoxy) is 1. The van der Waals surface area contributed by atoms with Gasteiger partial charge in [-0.3, -0.25) is 15.4 Å². The number of hydrogen-bond acceptors (Lipinski definition) is 4. The molecule has 20 heavy (non-hydrogen) atoms. The second-order valence-electron chi connectivity index (χ2n) is 3.75. The molecule has 0 heterocycles. The zero-order valence-corrected chi connectivity index (χ0v) is 10.1. The van der Waals surface area contributed by atoms with Gasteiger partial charge in [0.25, 0.3) is 5.69 Å². The number of rotatable bonds is 3. The van der Waals surface area contributed by atoms with Crippen molar-refractivity contribution in [3.8, 4) is 5.75 Å². The summed E-state index contributed by atoms with van der Waals surface area (Å²) in [7, 11) is 0. The van der Waals surface area contributed by atoms with Crippen LogP contribution in [0.25, 0.3) is 0 Å². The molecule has 0 fully saturated rings. The molecule has 6 nitrogen and oxygen atoms in total. The summed E-state index contributed by atoms with van der Waals surface area (Å²) in [5, 5.41) is 12.7. The van der Waals surface area contributed by atoms with Crippen molar-refractivity contribution in [1.29, 1.82) is 0 Å². The minimum Gasteiger partial charge on any atom is -0.410 e. The molecule has 102 valence electrons. The fourth-order valence-corrected chi connectivity index (χ4v) is 1.44. The highest BCUT2D eigenvalue weighted by Crippen LogP contribution is 2.18. The first-order chi connectivity index (χ1) is 9.56. The first-order valence-corrected chi connectivity index (χ1v) is 5.54. The van der Waals surface area contributed by atoms with Gasteiger partial charge in [0, 0.05) is 12.1 Å². The number of non-ortho nitro benzene ring substituents is 1. The van der Waals surface area contributed by atoms with E-state index in [1.807, 2.05) is 0 Å². The van der Waals surface area contributed by atoms with E-state index in [0.717, 1.165) is 0 Å². The Hall–Kier alpha value is -2.96. The lowest BCUT2D eigenvalue weighted by Gasteiger charge is -2.06. The van der Waals surface area contributed by atoms with Crippen LogP contribution in [-0.2, 0) is 0 Å². The van der Waals surface area contributed by atoms with E-state index >= 15 is 0 Å². The smallest absolute Gasteiger partial charge is 0.410 e. The van der Waals surface area contributed by atoms with E-state index in [2.05, 4.69) is 5.32 Å². The number of nitro groups is 1. The molecule has 0 aliphatic carbocycles. The molecule has 2 aromatic carbocycles. The number of halogens is 1. The summed E-state index contributed by atoms with van der Waals surface area (Å²) in [6, 6.07) is 10.6. The molecule has 0 radical (unpaired) electrons. The molecule has 0 aliphatic heterocycles. The van der Waals surface area contributed by atoms with Crippen LogP contribution >= 0.6 is 0 Å². The molecular formula is C13H9FN2O4. The van der Waals surface area contributed by atoms with Crippen molar-refractivity contribution in [1.82, 2.24) is 0 Å². The van der Waals surface area contributed by atoms with E-state index in [1.165, 1.54) is 42.5 Å². The second-order valence-corrected chi connectivity index (χ2v) is 3.75.